The zero-order valence-electron chi connectivity index (χ0n) is 30.6. The minimum absolute atomic E-state index is 0.218. The van der Waals surface area contributed by atoms with Crippen LogP contribution in [0.15, 0.2) is 103 Å². The van der Waals surface area contributed by atoms with Crippen molar-refractivity contribution < 1.29 is 19.1 Å². The predicted molar refractivity (Wildman–Crippen MR) is 211 cm³/mol. The highest BCUT2D eigenvalue weighted by Gasteiger charge is 2.26. The van der Waals surface area contributed by atoms with E-state index < -0.39 is 17.8 Å². The number of piperidine rings is 1. The van der Waals surface area contributed by atoms with Gasteiger partial charge in [-0.2, -0.15) is 0 Å². The van der Waals surface area contributed by atoms with E-state index in [0.29, 0.717) is 17.1 Å². The maximum absolute atomic E-state index is 13.7. The Morgan fingerprint density at radius 3 is 2.00 bits per heavy atom. The van der Waals surface area contributed by atoms with Gasteiger partial charge in [0.1, 0.15) is 0 Å². The van der Waals surface area contributed by atoms with Crippen LogP contribution in [0.5, 0.6) is 5.75 Å². The van der Waals surface area contributed by atoms with E-state index in [1.54, 1.807) is 37.4 Å². The smallest absolute Gasteiger partial charge is 0.323 e. The van der Waals surface area contributed by atoms with Gasteiger partial charge in [-0.25, -0.2) is 4.79 Å². The quantitative estimate of drug-likeness (QED) is 0.141. The zero-order chi connectivity index (χ0) is 36.8. The van der Waals surface area contributed by atoms with E-state index in [1.165, 1.54) is 36.8 Å². The number of benzene rings is 5. The zero-order valence-corrected chi connectivity index (χ0v) is 30.6. The van der Waals surface area contributed by atoms with Crippen LogP contribution in [0.3, 0.4) is 0 Å². The number of carbonyl (C=O) groups is 3. The summed E-state index contributed by atoms with van der Waals surface area (Å²) >= 11 is 0. The molecule has 9 nitrogen and oxygen atoms in total. The van der Waals surface area contributed by atoms with E-state index in [9.17, 15) is 14.4 Å². The first-order chi connectivity index (χ1) is 25.0. The molecule has 1 aliphatic heterocycles. The number of hydrogen-bond donors (Lipinski definition) is 3. The fraction of sp³-hybridized carbons (Fsp3) is 0.279. The third-order valence-corrected chi connectivity index (χ3v) is 9.59. The number of nitrogens with one attached hydrogen (secondary N) is 3. The van der Waals surface area contributed by atoms with Crippen LogP contribution in [0.25, 0.3) is 21.9 Å². The maximum Gasteiger partial charge on any atom is 0.323 e. The Balaban J connectivity index is 1.23. The summed E-state index contributed by atoms with van der Waals surface area (Å²) in [6.45, 7) is 9.36. The molecule has 4 amide bonds. The maximum atomic E-state index is 13.7. The summed E-state index contributed by atoms with van der Waals surface area (Å²) in [6.07, 6.45) is 3.87. The van der Waals surface area contributed by atoms with Gasteiger partial charge in [-0.3, -0.25) is 14.5 Å². The number of hydrogen-bond acceptors (Lipinski definition) is 5. The third kappa shape index (κ3) is 8.27. The van der Waals surface area contributed by atoms with Crippen molar-refractivity contribution >= 4 is 51.4 Å². The van der Waals surface area contributed by atoms with Gasteiger partial charge in [0, 0.05) is 24.7 Å². The van der Waals surface area contributed by atoms with Gasteiger partial charge in [0.15, 0.2) is 5.75 Å². The predicted octanol–water partition coefficient (Wildman–Crippen LogP) is 9.04. The lowest BCUT2D eigenvalue weighted by Crippen LogP contribution is -2.37. The van der Waals surface area contributed by atoms with Crippen molar-refractivity contribution in [2.24, 2.45) is 0 Å². The highest BCUT2D eigenvalue weighted by Crippen LogP contribution is 2.39. The van der Waals surface area contributed by atoms with Crippen molar-refractivity contribution in [1.82, 2.24) is 4.90 Å². The van der Waals surface area contributed by atoms with Gasteiger partial charge in [-0.15, -0.1) is 0 Å². The van der Waals surface area contributed by atoms with Crippen LogP contribution in [0.2, 0.25) is 0 Å². The van der Waals surface area contributed by atoms with Crippen LogP contribution in [0, 0.1) is 0 Å². The fourth-order valence-electron chi connectivity index (χ4n) is 6.67. The summed E-state index contributed by atoms with van der Waals surface area (Å²) in [6, 6.07) is 32.8. The van der Waals surface area contributed by atoms with Crippen molar-refractivity contribution in [2.75, 3.05) is 48.1 Å². The Hall–Kier alpha value is -5.67. The molecule has 0 unspecified atom stereocenters. The van der Waals surface area contributed by atoms with Gasteiger partial charge in [-0.05, 0) is 89.3 Å². The molecule has 0 radical (unpaired) electrons. The number of nitrogens with zero attached hydrogens (tertiary/aromatic N) is 2. The average Bonchev–Trinajstić information content (AvgIpc) is 3.15. The lowest BCUT2D eigenvalue weighted by molar-refractivity contribution is -0.134. The molecule has 1 fully saturated rings. The highest BCUT2D eigenvalue weighted by molar-refractivity contribution is 6.44. The van der Waals surface area contributed by atoms with Gasteiger partial charge in [-0.1, -0.05) is 100.0 Å². The summed E-state index contributed by atoms with van der Waals surface area (Å²) < 4.78 is 5.72. The number of amides is 4. The topological polar surface area (TPSA) is 103 Å². The largest absolute Gasteiger partial charge is 0.492 e. The van der Waals surface area contributed by atoms with E-state index in [-0.39, 0.29) is 16.9 Å². The van der Waals surface area contributed by atoms with Gasteiger partial charge < -0.3 is 25.6 Å². The standard InChI is InChI=1S/C43H47N5O4/c1-43(2,3)31-26-37(44-40(49)41(50)47(4)32-14-8-6-9-15-32)39(52-5)38(27-31)46-42(51)45-36-23-22-33(34-16-10-11-17-35(34)36)30-20-18-29(19-21-30)28-48-24-12-7-13-25-48/h6,8-11,14-23,26-27H,7,12-13,24-25,28H2,1-5H3,(H,44,49)(H2,45,46,51). The second-order valence-corrected chi connectivity index (χ2v) is 14.3. The highest BCUT2D eigenvalue weighted by atomic mass is 16.5. The number of para-hydroxylation sites is 1. The van der Waals surface area contributed by atoms with E-state index in [2.05, 4.69) is 51.2 Å². The molecule has 6 rings (SSSR count). The molecule has 0 spiro atoms. The van der Waals surface area contributed by atoms with Crippen LogP contribution in [-0.2, 0) is 21.5 Å². The molecule has 0 aromatic heterocycles. The first-order valence-electron chi connectivity index (χ1n) is 17.8. The number of ether oxygens (including phenoxy) is 1. The second-order valence-electron chi connectivity index (χ2n) is 14.3. The molecule has 0 saturated carbocycles. The molecule has 1 heterocycles. The lowest BCUT2D eigenvalue weighted by atomic mass is 9.86. The molecule has 9 heteroatoms. The van der Waals surface area contributed by atoms with Crippen LogP contribution in [-0.4, -0.2) is 50.0 Å². The van der Waals surface area contributed by atoms with E-state index >= 15 is 0 Å². The number of likely N-dealkylation sites (tertiary alicyclic amines) is 1. The number of urea groups is 1. The van der Waals surface area contributed by atoms with Crippen LogP contribution in [0.4, 0.5) is 27.5 Å². The summed E-state index contributed by atoms with van der Waals surface area (Å²) in [5.41, 5.74) is 5.80. The summed E-state index contributed by atoms with van der Waals surface area (Å²) in [7, 11) is 3.00. The number of fused-ring (bicyclic) bond motifs is 1. The first-order valence-corrected chi connectivity index (χ1v) is 17.8. The van der Waals surface area contributed by atoms with Gasteiger partial charge in [0.2, 0.25) is 0 Å². The molecule has 0 aliphatic carbocycles. The molecule has 5 aromatic carbocycles. The molecule has 3 N–H and O–H groups in total. The van der Waals surface area contributed by atoms with Crippen LogP contribution in [0.1, 0.15) is 51.2 Å². The van der Waals surface area contributed by atoms with Crippen LogP contribution < -0.4 is 25.6 Å². The summed E-state index contributed by atoms with van der Waals surface area (Å²) in [5.74, 6) is -1.37. The molecular formula is C43H47N5O4. The first kappa shape index (κ1) is 36.1. The van der Waals surface area contributed by atoms with Crippen molar-refractivity contribution in [3.05, 3.63) is 114 Å². The molecule has 0 bridgehead atoms. The fourth-order valence-corrected chi connectivity index (χ4v) is 6.67. The summed E-state index contributed by atoms with van der Waals surface area (Å²) in [5, 5.41) is 10.6. The Morgan fingerprint density at radius 1 is 0.731 bits per heavy atom. The van der Waals surface area contributed by atoms with E-state index in [4.69, 9.17) is 4.74 Å². The van der Waals surface area contributed by atoms with E-state index in [1.807, 2.05) is 63.2 Å². The van der Waals surface area contributed by atoms with E-state index in [0.717, 1.165) is 47.1 Å². The molecule has 1 aliphatic rings. The Kier molecular flexibility index (Phi) is 10.9. The van der Waals surface area contributed by atoms with Crippen molar-refractivity contribution in [3.63, 3.8) is 0 Å². The number of methoxy groups -OCH3 is 1. The molecule has 0 atom stereocenters. The Bertz CT molecular complexity index is 2070. The monoisotopic (exact) mass is 697 g/mol. The molecule has 52 heavy (non-hydrogen) atoms. The summed E-state index contributed by atoms with van der Waals surface area (Å²) in [4.78, 5) is 43.8. The normalized spacial score (nSPS) is 13.3. The molecular weight excluding hydrogens is 651 g/mol. The Morgan fingerprint density at radius 2 is 1.35 bits per heavy atom. The molecule has 268 valence electrons. The average molecular weight is 698 g/mol. The number of rotatable bonds is 8. The van der Waals surface area contributed by atoms with Gasteiger partial charge in [0.25, 0.3) is 0 Å². The van der Waals surface area contributed by atoms with Crippen LogP contribution >= 0.6 is 0 Å². The second kappa shape index (κ2) is 15.7. The molecule has 5 aromatic rings. The third-order valence-electron chi connectivity index (χ3n) is 9.59. The van der Waals surface area contributed by atoms with Crippen molar-refractivity contribution in [1.29, 1.82) is 0 Å². The van der Waals surface area contributed by atoms with Gasteiger partial charge in [0.05, 0.1) is 24.2 Å². The minimum Gasteiger partial charge on any atom is -0.492 e. The number of likely N-dealkylation sites (N-methyl/N-ethyl adjacent to an activating group) is 1. The minimum atomic E-state index is -0.839. The lowest BCUT2D eigenvalue weighted by Gasteiger charge is -2.26. The van der Waals surface area contributed by atoms with Crippen molar-refractivity contribution in [2.45, 2.75) is 52.0 Å². The molecule has 1 saturated heterocycles. The Labute approximate surface area is 306 Å². The number of anilines is 4. The van der Waals surface area contributed by atoms with Crippen molar-refractivity contribution in [3.8, 4) is 16.9 Å². The van der Waals surface area contributed by atoms with Gasteiger partial charge >= 0.3 is 17.8 Å². The number of carbonyl (C=O) groups excluding carboxylic acids is 3. The SMILES string of the molecule is COc1c(NC(=O)Nc2ccc(-c3ccc(CN4CCCCC4)cc3)c3ccccc23)cc(C(C)(C)C)cc1NC(=O)C(=O)N(C)c1ccccc1.